The highest BCUT2D eigenvalue weighted by atomic mass is 16.5. The summed E-state index contributed by atoms with van der Waals surface area (Å²) < 4.78 is 4.57. The number of carbonyl (C=O) groups is 1. The molecule has 0 fully saturated rings. The van der Waals surface area contributed by atoms with E-state index in [4.69, 9.17) is 10.8 Å². The topological polar surface area (TPSA) is 163 Å². The summed E-state index contributed by atoms with van der Waals surface area (Å²) in [5.41, 5.74) is 5.09. The Morgan fingerprint density at radius 1 is 1.35 bits per heavy atom. The Morgan fingerprint density at radius 2 is 1.94 bits per heavy atom. The standard InChI is InChI=1S/C8H13N3O6/c1-2-10-7(17-11-2)6(14)5(13)4(12)3(9)8(15)16/h3-6,12-14H,9H2,1H3,(H,15,16). The average Bonchev–Trinajstić information content (AvgIpc) is 2.71. The highest BCUT2D eigenvalue weighted by molar-refractivity contribution is 5.74. The smallest absolute Gasteiger partial charge is 0.323 e. The van der Waals surface area contributed by atoms with Gasteiger partial charge in [0.25, 0.3) is 5.89 Å². The molecule has 1 heterocycles. The molecule has 9 nitrogen and oxygen atoms in total. The van der Waals surface area contributed by atoms with Crippen molar-refractivity contribution in [3.63, 3.8) is 0 Å². The maximum atomic E-state index is 10.5. The van der Waals surface area contributed by atoms with E-state index in [0.717, 1.165) is 0 Å². The summed E-state index contributed by atoms with van der Waals surface area (Å²) >= 11 is 0. The summed E-state index contributed by atoms with van der Waals surface area (Å²) in [4.78, 5) is 14.1. The van der Waals surface area contributed by atoms with Crippen molar-refractivity contribution in [3.05, 3.63) is 11.7 Å². The van der Waals surface area contributed by atoms with Gasteiger partial charge in [-0.25, -0.2) is 0 Å². The lowest BCUT2D eigenvalue weighted by atomic mass is 10.0. The van der Waals surface area contributed by atoms with Gasteiger partial charge in [-0.05, 0) is 6.92 Å². The zero-order valence-corrected chi connectivity index (χ0v) is 8.89. The molecule has 0 aliphatic carbocycles. The Labute approximate surface area is 95.5 Å². The minimum absolute atomic E-state index is 0.225. The lowest BCUT2D eigenvalue weighted by Gasteiger charge is -2.22. The van der Waals surface area contributed by atoms with Gasteiger partial charge in [0, 0.05) is 0 Å². The zero-order valence-electron chi connectivity index (χ0n) is 8.89. The van der Waals surface area contributed by atoms with Crippen LogP contribution in [0.1, 0.15) is 17.8 Å². The van der Waals surface area contributed by atoms with Crippen LogP contribution in [0.25, 0.3) is 0 Å². The van der Waals surface area contributed by atoms with E-state index in [2.05, 4.69) is 14.7 Å². The van der Waals surface area contributed by atoms with Gasteiger partial charge < -0.3 is 30.7 Å². The highest BCUT2D eigenvalue weighted by Crippen LogP contribution is 2.18. The summed E-state index contributed by atoms with van der Waals surface area (Å²) in [6, 6.07) is -1.73. The van der Waals surface area contributed by atoms with E-state index in [0.29, 0.717) is 0 Å². The van der Waals surface area contributed by atoms with E-state index in [9.17, 15) is 20.1 Å². The molecule has 0 saturated heterocycles. The molecule has 17 heavy (non-hydrogen) atoms. The summed E-state index contributed by atoms with van der Waals surface area (Å²) in [6.07, 6.45) is -5.42. The number of carboxylic acids is 1. The molecule has 1 rings (SSSR count). The van der Waals surface area contributed by atoms with Gasteiger partial charge in [0.2, 0.25) is 0 Å². The van der Waals surface area contributed by atoms with Crippen LogP contribution in [0, 0.1) is 6.92 Å². The molecular formula is C8H13N3O6. The lowest BCUT2D eigenvalue weighted by molar-refractivity contribution is -0.146. The largest absolute Gasteiger partial charge is 0.480 e. The number of rotatable bonds is 5. The third-order valence-corrected chi connectivity index (χ3v) is 2.12. The van der Waals surface area contributed by atoms with E-state index in [1.54, 1.807) is 0 Å². The van der Waals surface area contributed by atoms with Crippen LogP contribution in [0.5, 0.6) is 0 Å². The summed E-state index contributed by atoms with van der Waals surface area (Å²) in [5.74, 6) is -1.61. The van der Waals surface area contributed by atoms with Gasteiger partial charge in [0.05, 0.1) is 0 Å². The van der Waals surface area contributed by atoms with Gasteiger partial charge in [-0.1, -0.05) is 5.16 Å². The molecule has 4 atom stereocenters. The summed E-state index contributed by atoms with van der Waals surface area (Å²) in [7, 11) is 0. The summed E-state index contributed by atoms with van der Waals surface area (Å²) in [5, 5.41) is 40.3. The summed E-state index contributed by atoms with van der Waals surface area (Å²) in [6.45, 7) is 1.49. The Kier molecular flexibility index (Phi) is 4.12. The van der Waals surface area contributed by atoms with Gasteiger partial charge in [-0.2, -0.15) is 4.98 Å². The predicted octanol–water partition coefficient (Wildman–Crippen LogP) is -2.45. The number of aromatic nitrogens is 2. The van der Waals surface area contributed by atoms with Crippen molar-refractivity contribution in [2.45, 2.75) is 31.3 Å². The van der Waals surface area contributed by atoms with Crippen molar-refractivity contribution in [2.24, 2.45) is 5.73 Å². The molecule has 0 aliphatic rings. The number of hydrogen-bond acceptors (Lipinski definition) is 8. The Bertz CT molecular complexity index is 394. The quantitative estimate of drug-likeness (QED) is 0.379. The molecule has 0 saturated carbocycles. The minimum atomic E-state index is -1.87. The van der Waals surface area contributed by atoms with Crippen molar-refractivity contribution in [1.82, 2.24) is 10.1 Å². The van der Waals surface area contributed by atoms with Crippen molar-refractivity contribution in [3.8, 4) is 0 Å². The molecule has 4 unspecified atom stereocenters. The van der Waals surface area contributed by atoms with Crippen LogP contribution in [0.4, 0.5) is 0 Å². The molecule has 0 bridgehead atoms. The molecule has 9 heteroatoms. The normalized spacial score (nSPS) is 18.4. The fourth-order valence-electron chi connectivity index (χ4n) is 1.12. The minimum Gasteiger partial charge on any atom is -0.480 e. The van der Waals surface area contributed by atoms with Crippen LogP contribution in [-0.2, 0) is 4.79 Å². The van der Waals surface area contributed by atoms with E-state index < -0.39 is 30.3 Å². The molecule has 1 aromatic rings. The number of nitrogens with two attached hydrogens (primary N) is 1. The highest BCUT2D eigenvalue weighted by Gasteiger charge is 2.36. The molecular weight excluding hydrogens is 234 g/mol. The molecule has 1 aromatic heterocycles. The first-order valence-electron chi connectivity index (χ1n) is 4.67. The third-order valence-electron chi connectivity index (χ3n) is 2.12. The molecule has 0 amide bonds. The second-order valence-corrected chi connectivity index (χ2v) is 3.47. The maximum Gasteiger partial charge on any atom is 0.323 e. The maximum absolute atomic E-state index is 10.5. The first-order chi connectivity index (χ1) is 7.84. The van der Waals surface area contributed by atoms with Gasteiger partial charge in [0.1, 0.15) is 18.2 Å². The van der Waals surface area contributed by atoms with Crippen molar-refractivity contribution < 1.29 is 29.7 Å². The number of aliphatic hydroxyl groups is 3. The van der Waals surface area contributed by atoms with Crippen molar-refractivity contribution in [1.29, 1.82) is 0 Å². The molecule has 0 aliphatic heterocycles. The molecule has 6 N–H and O–H groups in total. The number of hydrogen-bond donors (Lipinski definition) is 5. The number of aryl methyl sites for hydroxylation is 1. The molecule has 0 radical (unpaired) electrons. The first kappa shape index (κ1) is 13.5. The van der Waals surface area contributed by atoms with E-state index in [1.807, 2.05) is 0 Å². The second-order valence-electron chi connectivity index (χ2n) is 3.47. The van der Waals surface area contributed by atoms with Crippen molar-refractivity contribution >= 4 is 5.97 Å². The Balaban J connectivity index is 2.75. The number of aliphatic hydroxyl groups excluding tert-OH is 3. The van der Waals surface area contributed by atoms with Crippen LogP contribution in [-0.4, -0.2) is 54.8 Å². The lowest BCUT2D eigenvalue weighted by Crippen LogP contribution is -2.50. The zero-order chi connectivity index (χ0) is 13.2. The second kappa shape index (κ2) is 5.19. The van der Waals surface area contributed by atoms with E-state index in [-0.39, 0.29) is 11.7 Å². The fourth-order valence-corrected chi connectivity index (χ4v) is 1.12. The SMILES string of the molecule is Cc1noc(C(O)C(O)C(O)C(N)C(=O)O)n1. The predicted molar refractivity (Wildman–Crippen MR) is 51.6 cm³/mol. The van der Waals surface area contributed by atoms with Crippen LogP contribution in [0.3, 0.4) is 0 Å². The van der Waals surface area contributed by atoms with E-state index >= 15 is 0 Å². The van der Waals surface area contributed by atoms with Crippen molar-refractivity contribution in [2.75, 3.05) is 0 Å². The van der Waals surface area contributed by atoms with E-state index in [1.165, 1.54) is 6.92 Å². The fraction of sp³-hybridized carbons (Fsp3) is 0.625. The Morgan fingerprint density at radius 3 is 2.35 bits per heavy atom. The molecule has 96 valence electrons. The van der Waals surface area contributed by atoms with Gasteiger partial charge in [-0.3, -0.25) is 4.79 Å². The number of nitrogens with zero attached hydrogens (tertiary/aromatic N) is 2. The van der Waals surface area contributed by atoms with Crippen LogP contribution >= 0.6 is 0 Å². The number of aliphatic carboxylic acids is 1. The van der Waals surface area contributed by atoms with Gasteiger partial charge in [0.15, 0.2) is 11.9 Å². The van der Waals surface area contributed by atoms with Crippen LogP contribution in [0.2, 0.25) is 0 Å². The first-order valence-corrected chi connectivity index (χ1v) is 4.67. The van der Waals surface area contributed by atoms with Crippen LogP contribution < -0.4 is 5.73 Å². The molecule has 0 spiro atoms. The number of carboxylic acid groups (broad SMARTS) is 1. The third kappa shape index (κ3) is 2.97. The average molecular weight is 247 g/mol. The monoisotopic (exact) mass is 247 g/mol. The Hall–Kier alpha value is -1.55. The molecule has 0 aromatic carbocycles. The van der Waals surface area contributed by atoms with Crippen LogP contribution in [0.15, 0.2) is 4.52 Å². The van der Waals surface area contributed by atoms with Gasteiger partial charge in [-0.15, -0.1) is 0 Å². The van der Waals surface area contributed by atoms with Gasteiger partial charge >= 0.3 is 5.97 Å².